The number of thioether (sulfide) groups is 1. The van der Waals surface area contributed by atoms with E-state index in [0.717, 1.165) is 0 Å². The van der Waals surface area contributed by atoms with Crippen LogP contribution in [0.4, 0.5) is 0 Å². The highest BCUT2D eigenvalue weighted by atomic mass is 32.2. The summed E-state index contributed by atoms with van der Waals surface area (Å²) in [5, 5.41) is 0.589. The lowest BCUT2D eigenvalue weighted by molar-refractivity contribution is -0.119. The molecule has 0 bridgehead atoms. The molecule has 0 amide bonds. The monoisotopic (exact) mass is 282 g/mol. The molecule has 1 aliphatic heterocycles. The molecule has 2 atom stereocenters. The maximum atomic E-state index is 12.1. The molecule has 0 saturated carbocycles. The van der Waals surface area contributed by atoms with Gasteiger partial charge in [0.05, 0.1) is 0 Å². The van der Waals surface area contributed by atoms with Crippen molar-refractivity contribution in [2.45, 2.75) is 30.3 Å². The molecule has 1 nitrogen and oxygen atoms in total. The number of carbonyl (C=O) groups excluding carboxylic acids is 1. The molecule has 2 heteroatoms. The van der Waals surface area contributed by atoms with E-state index in [4.69, 9.17) is 0 Å². The van der Waals surface area contributed by atoms with E-state index in [9.17, 15) is 4.79 Å². The van der Waals surface area contributed by atoms with E-state index in [1.165, 1.54) is 16.7 Å². The van der Waals surface area contributed by atoms with Gasteiger partial charge in [-0.25, -0.2) is 0 Å². The van der Waals surface area contributed by atoms with Gasteiger partial charge in [-0.05, 0) is 18.1 Å². The summed E-state index contributed by atoms with van der Waals surface area (Å²) in [4.78, 5) is 12.1. The summed E-state index contributed by atoms with van der Waals surface area (Å²) in [7, 11) is 0. The van der Waals surface area contributed by atoms with Gasteiger partial charge in [0.1, 0.15) is 5.78 Å². The van der Waals surface area contributed by atoms with E-state index in [-0.39, 0.29) is 0 Å². The fourth-order valence-corrected chi connectivity index (χ4v) is 4.22. The van der Waals surface area contributed by atoms with Crippen molar-refractivity contribution in [1.29, 1.82) is 0 Å². The molecule has 0 spiro atoms. The number of hydrogen-bond donors (Lipinski definition) is 0. The Morgan fingerprint density at radius 1 is 0.850 bits per heavy atom. The van der Waals surface area contributed by atoms with Crippen molar-refractivity contribution in [3.63, 3.8) is 0 Å². The van der Waals surface area contributed by atoms with Crippen LogP contribution in [-0.4, -0.2) is 5.78 Å². The first-order valence-corrected chi connectivity index (χ1v) is 7.95. The molecule has 2 unspecified atom stereocenters. The first-order chi connectivity index (χ1) is 9.72. The van der Waals surface area contributed by atoms with Gasteiger partial charge in [-0.3, -0.25) is 4.79 Å². The molecule has 0 N–H and O–H groups in total. The normalized spacial score (nSPS) is 22.8. The first kappa shape index (κ1) is 13.4. The predicted octanol–water partition coefficient (Wildman–Crippen LogP) is 4.87. The highest BCUT2D eigenvalue weighted by Gasteiger charge is 2.29. The maximum Gasteiger partial charge on any atom is 0.135 e. The number of Topliss-reactive ketones (excluding diaryl/α,β-unsaturated/α-hetero) is 1. The van der Waals surface area contributed by atoms with Crippen LogP contribution in [0, 0.1) is 6.92 Å². The Bertz CT molecular complexity index is 589. The molecule has 1 aliphatic rings. The van der Waals surface area contributed by atoms with Crippen molar-refractivity contribution >= 4 is 17.5 Å². The van der Waals surface area contributed by atoms with Crippen molar-refractivity contribution in [2.24, 2.45) is 0 Å². The zero-order valence-corrected chi connectivity index (χ0v) is 12.4. The molecule has 0 aromatic heterocycles. The smallest absolute Gasteiger partial charge is 0.135 e. The van der Waals surface area contributed by atoms with Gasteiger partial charge in [0.15, 0.2) is 0 Å². The quantitative estimate of drug-likeness (QED) is 0.781. The van der Waals surface area contributed by atoms with Gasteiger partial charge >= 0.3 is 0 Å². The molecular weight excluding hydrogens is 264 g/mol. The summed E-state index contributed by atoms with van der Waals surface area (Å²) >= 11 is 1.93. The third kappa shape index (κ3) is 2.96. The lowest BCUT2D eigenvalue weighted by atomic mass is 10.00. The van der Waals surface area contributed by atoms with Gasteiger partial charge in [-0.15, -0.1) is 11.8 Å². The first-order valence-electron chi connectivity index (χ1n) is 7.01. The Labute approximate surface area is 124 Å². The Kier molecular flexibility index (Phi) is 3.93. The average molecular weight is 282 g/mol. The van der Waals surface area contributed by atoms with E-state index < -0.39 is 0 Å². The molecule has 102 valence electrons. The molecule has 3 rings (SSSR count). The molecule has 2 aromatic carbocycles. The van der Waals surface area contributed by atoms with Crippen LogP contribution >= 0.6 is 11.8 Å². The molecule has 1 heterocycles. The van der Waals surface area contributed by atoms with E-state index in [2.05, 4.69) is 55.5 Å². The van der Waals surface area contributed by atoms with Crippen LogP contribution in [0.5, 0.6) is 0 Å². The average Bonchev–Trinajstić information content (AvgIpc) is 2.48. The van der Waals surface area contributed by atoms with Crippen LogP contribution in [0.3, 0.4) is 0 Å². The molecule has 20 heavy (non-hydrogen) atoms. The van der Waals surface area contributed by atoms with Crippen molar-refractivity contribution in [2.75, 3.05) is 0 Å². The zero-order valence-electron chi connectivity index (χ0n) is 11.6. The van der Waals surface area contributed by atoms with Crippen LogP contribution in [-0.2, 0) is 4.79 Å². The van der Waals surface area contributed by atoms with E-state index in [1.54, 1.807) is 0 Å². The van der Waals surface area contributed by atoms with Gasteiger partial charge in [-0.1, -0.05) is 60.2 Å². The second-order valence-electron chi connectivity index (χ2n) is 5.38. The van der Waals surface area contributed by atoms with Crippen LogP contribution < -0.4 is 0 Å². The summed E-state index contributed by atoms with van der Waals surface area (Å²) in [6, 6.07) is 19.0. The van der Waals surface area contributed by atoms with Crippen molar-refractivity contribution in [3.05, 3.63) is 71.3 Å². The minimum Gasteiger partial charge on any atom is -0.300 e. The van der Waals surface area contributed by atoms with Gasteiger partial charge in [-0.2, -0.15) is 0 Å². The Hall–Kier alpha value is -1.54. The van der Waals surface area contributed by atoms with Gasteiger partial charge < -0.3 is 0 Å². The van der Waals surface area contributed by atoms with Crippen molar-refractivity contribution in [3.8, 4) is 0 Å². The van der Waals surface area contributed by atoms with E-state index in [0.29, 0.717) is 29.1 Å². The fourth-order valence-electron chi connectivity index (χ4n) is 2.63. The topological polar surface area (TPSA) is 17.1 Å². The fraction of sp³-hybridized carbons (Fsp3) is 0.278. The molecule has 1 saturated heterocycles. The minimum absolute atomic E-state index is 0.294. The lowest BCUT2D eigenvalue weighted by Crippen LogP contribution is -2.15. The van der Waals surface area contributed by atoms with E-state index in [1.807, 2.05) is 17.8 Å². The SMILES string of the molecule is Cc1ccc(C2CC(=O)CC(c3ccccc3)S2)cc1. The molecule has 2 aromatic rings. The number of hydrogen-bond acceptors (Lipinski definition) is 2. The van der Waals surface area contributed by atoms with Crippen molar-refractivity contribution in [1.82, 2.24) is 0 Å². The van der Waals surface area contributed by atoms with Crippen LogP contribution in [0.2, 0.25) is 0 Å². The Balaban J connectivity index is 1.83. The third-order valence-electron chi connectivity index (χ3n) is 3.78. The maximum absolute atomic E-state index is 12.1. The summed E-state index contributed by atoms with van der Waals surface area (Å²) in [5.41, 5.74) is 3.80. The van der Waals surface area contributed by atoms with Gasteiger partial charge in [0.25, 0.3) is 0 Å². The molecule has 0 aliphatic carbocycles. The Morgan fingerprint density at radius 3 is 2.00 bits per heavy atom. The number of rotatable bonds is 2. The minimum atomic E-state index is 0.294. The van der Waals surface area contributed by atoms with Crippen LogP contribution in [0.25, 0.3) is 0 Å². The molecular formula is C18H18OS. The highest BCUT2D eigenvalue weighted by Crippen LogP contribution is 2.48. The van der Waals surface area contributed by atoms with Gasteiger partial charge in [0, 0.05) is 23.3 Å². The summed E-state index contributed by atoms with van der Waals surface area (Å²) < 4.78 is 0. The number of carbonyl (C=O) groups is 1. The molecule has 1 fully saturated rings. The van der Waals surface area contributed by atoms with Crippen LogP contribution in [0.1, 0.15) is 40.0 Å². The summed E-state index contributed by atoms with van der Waals surface area (Å²) in [5.74, 6) is 0.378. The summed E-state index contributed by atoms with van der Waals surface area (Å²) in [6.45, 7) is 2.09. The van der Waals surface area contributed by atoms with E-state index >= 15 is 0 Å². The predicted molar refractivity (Wildman–Crippen MR) is 84.9 cm³/mol. The Morgan fingerprint density at radius 2 is 1.40 bits per heavy atom. The highest BCUT2D eigenvalue weighted by molar-refractivity contribution is 7.99. The third-order valence-corrected chi connectivity index (χ3v) is 5.31. The number of aryl methyl sites for hydroxylation is 1. The van der Waals surface area contributed by atoms with Crippen LogP contribution in [0.15, 0.2) is 54.6 Å². The largest absolute Gasteiger partial charge is 0.300 e. The lowest BCUT2D eigenvalue weighted by Gasteiger charge is -2.28. The van der Waals surface area contributed by atoms with Gasteiger partial charge in [0.2, 0.25) is 0 Å². The standard InChI is InChI=1S/C18H18OS/c1-13-7-9-15(10-8-13)18-12-16(19)11-17(20-18)14-5-3-2-4-6-14/h2-10,17-18H,11-12H2,1H3. The summed E-state index contributed by atoms with van der Waals surface area (Å²) in [6.07, 6.45) is 1.33. The number of ketones is 1. The zero-order chi connectivity index (χ0) is 13.9. The second-order valence-corrected chi connectivity index (χ2v) is 6.79. The molecule has 0 radical (unpaired) electrons. The number of benzene rings is 2. The second kappa shape index (κ2) is 5.84. The van der Waals surface area contributed by atoms with Crippen molar-refractivity contribution < 1.29 is 4.79 Å².